The van der Waals surface area contributed by atoms with Gasteiger partial charge in [0.25, 0.3) is 0 Å². The van der Waals surface area contributed by atoms with Gasteiger partial charge in [-0.3, -0.25) is 4.79 Å². The largest absolute Gasteiger partial charge is 0.479 e. The van der Waals surface area contributed by atoms with Gasteiger partial charge in [0.15, 0.2) is 5.78 Å². The number of carboxylic acid groups (broad SMARTS) is 1. The molecule has 0 bridgehead atoms. The van der Waals surface area contributed by atoms with Gasteiger partial charge in [0.2, 0.25) is 15.6 Å². The van der Waals surface area contributed by atoms with E-state index in [9.17, 15) is 18.0 Å². The van der Waals surface area contributed by atoms with Crippen molar-refractivity contribution in [2.45, 2.75) is 24.3 Å². The highest BCUT2D eigenvalue weighted by Crippen LogP contribution is 2.15. The summed E-state index contributed by atoms with van der Waals surface area (Å²) in [7, 11) is -4.17. The second-order valence-electron chi connectivity index (χ2n) is 4.39. The van der Waals surface area contributed by atoms with Crippen LogP contribution in [-0.4, -0.2) is 37.4 Å². The Morgan fingerprint density at radius 2 is 1.80 bits per heavy atom. The zero-order chi connectivity index (χ0) is 15.6. The summed E-state index contributed by atoms with van der Waals surface area (Å²) in [5, 5.41) is 9.12. The summed E-state index contributed by atoms with van der Waals surface area (Å²) in [6.07, 6.45) is 0. The van der Waals surface area contributed by atoms with Gasteiger partial charge in [-0.15, -0.1) is 0 Å². The van der Waals surface area contributed by atoms with E-state index < -0.39 is 33.9 Å². The highest BCUT2D eigenvalue weighted by Gasteiger charge is 2.46. The van der Waals surface area contributed by atoms with E-state index in [1.54, 1.807) is 19.1 Å². The van der Waals surface area contributed by atoms with E-state index >= 15 is 0 Å². The number of aryl methyl sites for hydroxylation is 1. The molecule has 0 aliphatic heterocycles. The van der Waals surface area contributed by atoms with Crippen LogP contribution in [0.3, 0.4) is 0 Å². The molecule has 0 fully saturated rings. The summed E-state index contributed by atoms with van der Waals surface area (Å²) in [4.78, 5) is 22.6. The predicted molar refractivity (Wildman–Crippen MR) is 71.6 cm³/mol. The smallest absolute Gasteiger partial charge is 0.334 e. The standard InChI is InChI=1S/C12H16N2O5S/c1-8-3-5-10(6-4-8)20(18,19)14-12(7-13,9(2)15)11(16)17/h3-6,14H,7,13H2,1-2H3,(H,16,17)/t12-/m0/s1. The number of hydrogen-bond acceptors (Lipinski definition) is 5. The first-order chi connectivity index (χ1) is 9.15. The molecule has 0 heterocycles. The quantitative estimate of drug-likeness (QED) is 0.616. The van der Waals surface area contributed by atoms with Gasteiger partial charge in [0, 0.05) is 6.54 Å². The molecule has 0 spiro atoms. The highest BCUT2D eigenvalue weighted by atomic mass is 32.2. The fourth-order valence-corrected chi connectivity index (χ4v) is 2.93. The van der Waals surface area contributed by atoms with Gasteiger partial charge in [0.05, 0.1) is 4.90 Å². The van der Waals surface area contributed by atoms with Crippen molar-refractivity contribution in [2.24, 2.45) is 5.73 Å². The van der Waals surface area contributed by atoms with E-state index in [1.165, 1.54) is 12.1 Å². The van der Waals surface area contributed by atoms with Gasteiger partial charge >= 0.3 is 5.97 Å². The summed E-state index contributed by atoms with van der Waals surface area (Å²) in [5.41, 5.74) is 3.78. The molecule has 0 unspecified atom stereocenters. The van der Waals surface area contributed by atoms with E-state index in [-0.39, 0.29) is 4.90 Å². The lowest BCUT2D eigenvalue weighted by molar-refractivity contribution is -0.148. The Morgan fingerprint density at radius 1 is 1.30 bits per heavy atom. The molecule has 0 amide bonds. The van der Waals surface area contributed by atoms with Gasteiger partial charge in [-0.05, 0) is 26.0 Å². The lowest BCUT2D eigenvalue weighted by atomic mass is 9.97. The van der Waals surface area contributed by atoms with Crippen LogP contribution in [0.25, 0.3) is 0 Å². The maximum Gasteiger partial charge on any atom is 0.334 e. The van der Waals surface area contributed by atoms with Crippen molar-refractivity contribution in [1.82, 2.24) is 4.72 Å². The minimum absolute atomic E-state index is 0.136. The minimum atomic E-state index is -4.17. The first-order valence-corrected chi connectivity index (χ1v) is 7.19. The van der Waals surface area contributed by atoms with Gasteiger partial charge in [-0.25, -0.2) is 13.2 Å². The number of hydrogen-bond donors (Lipinski definition) is 3. The third kappa shape index (κ3) is 3.03. The van der Waals surface area contributed by atoms with Gasteiger partial charge in [-0.2, -0.15) is 4.72 Å². The summed E-state index contributed by atoms with van der Waals surface area (Å²) in [6.45, 7) is 2.07. The Balaban J connectivity index is 3.26. The zero-order valence-corrected chi connectivity index (χ0v) is 11.9. The van der Waals surface area contributed by atoms with Crippen LogP contribution in [0.1, 0.15) is 12.5 Å². The maximum absolute atomic E-state index is 12.1. The van der Waals surface area contributed by atoms with E-state index in [4.69, 9.17) is 10.8 Å². The van der Waals surface area contributed by atoms with Crippen molar-refractivity contribution in [2.75, 3.05) is 6.54 Å². The third-order valence-corrected chi connectivity index (χ3v) is 4.42. The molecule has 1 rings (SSSR count). The van der Waals surface area contributed by atoms with E-state index in [0.29, 0.717) is 0 Å². The topological polar surface area (TPSA) is 127 Å². The summed E-state index contributed by atoms with van der Waals surface area (Å²) >= 11 is 0. The van der Waals surface area contributed by atoms with Crippen LogP contribution >= 0.6 is 0 Å². The number of carbonyl (C=O) groups is 2. The fourth-order valence-electron chi connectivity index (χ4n) is 1.54. The van der Waals surface area contributed by atoms with E-state index in [1.807, 2.05) is 4.72 Å². The second-order valence-corrected chi connectivity index (χ2v) is 6.07. The molecule has 20 heavy (non-hydrogen) atoms. The average molecular weight is 300 g/mol. The molecule has 0 aromatic heterocycles. The van der Waals surface area contributed by atoms with Gasteiger partial charge in [-0.1, -0.05) is 17.7 Å². The molecule has 1 aromatic carbocycles. The zero-order valence-electron chi connectivity index (χ0n) is 11.1. The molecule has 7 nitrogen and oxygen atoms in total. The summed E-state index contributed by atoms with van der Waals surface area (Å²) < 4.78 is 26.2. The number of carbonyl (C=O) groups excluding carboxylic acids is 1. The van der Waals surface area contributed by atoms with Gasteiger partial charge in [0.1, 0.15) is 0 Å². The lowest BCUT2D eigenvalue weighted by Gasteiger charge is -2.25. The Kier molecular flexibility index (Phi) is 4.64. The third-order valence-electron chi connectivity index (χ3n) is 2.91. The second kappa shape index (κ2) is 5.70. The number of sulfonamides is 1. The predicted octanol–water partition coefficient (Wildman–Crippen LogP) is -0.356. The molecule has 0 aliphatic rings. The molecule has 1 aromatic rings. The molecule has 4 N–H and O–H groups in total. The van der Waals surface area contributed by atoms with Crippen LogP contribution in [0.2, 0.25) is 0 Å². The summed E-state index contributed by atoms with van der Waals surface area (Å²) in [6, 6.07) is 5.77. The summed E-state index contributed by atoms with van der Waals surface area (Å²) in [5.74, 6) is -2.52. The number of nitrogens with two attached hydrogens (primary N) is 1. The fraction of sp³-hybridized carbons (Fsp3) is 0.333. The Hall–Kier alpha value is -1.77. The Labute approximate surface area is 116 Å². The number of aliphatic carboxylic acids is 1. The number of benzene rings is 1. The molecule has 1 atom stereocenters. The Bertz CT molecular complexity index is 608. The van der Waals surface area contributed by atoms with Crippen LogP contribution in [0.15, 0.2) is 29.2 Å². The average Bonchev–Trinajstić information content (AvgIpc) is 2.35. The van der Waals surface area contributed by atoms with E-state index in [0.717, 1.165) is 12.5 Å². The molecule has 0 aliphatic carbocycles. The lowest BCUT2D eigenvalue weighted by Crippen LogP contribution is -2.63. The molecule has 110 valence electrons. The molecule has 0 radical (unpaired) electrons. The van der Waals surface area contributed by atoms with Crippen LogP contribution in [0, 0.1) is 6.92 Å². The number of nitrogens with one attached hydrogen (secondary N) is 1. The van der Waals surface area contributed by atoms with Crippen molar-refractivity contribution < 1.29 is 23.1 Å². The normalized spacial score (nSPS) is 14.6. The molecule has 8 heteroatoms. The first-order valence-electron chi connectivity index (χ1n) is 5.71. The van der Waals surface area contributed by atoms with Crippen LogP contribution in [0.5, 0.6) is 0 Å². The number of rotatable bonds is 6. The Morgan fingerprint density at radius 3 is 2.15 bits per heavy atom. The molecule has 0 saturated carbocycles. The van der Waals surface area contributed by atoms with Crippen molar-refractivity contribution in [3.8, 4) is 0 Å². The van der Waals surface area contributed by atoms with E-state index in [2.05, 4.69) is 0 Å². The van der Waals surface area contributed by atoms with Crippen LogP contribution in [-0.2, 0) is 19.6 Å². The van der Waals surface area contributed by atoms with Gasteiger partial charge < -0.3 is 10.8 Å². The van der Waals surface area contributed by atoms with Crippen LogP contribution in [0.4, 0.5) is 0 Å². The SMILES string of the molecule is CC(=O)[C@](CN)(NS(=O)(=O)c1ccc(C)cc1)C(=O)O. The first kappa shape index (κ1) is 16.3. The minimum Gasteiger partial charge on any atom is -0.479 e. The van der Waals surface area contributed by atoms with Crippen molar-refractivity contribution in [3.63, 3.8) is 0 Å². The number of Topliss-reactive ketones (excluding diaryl/α,β-unsaturated/α-hetero) is 1. The number of ketones is 1. The number of carboxylic acids is 1. The maximum atomic E-state index is 12.1. The monoisotopic (exact) mass is 300 g/mol. The molecular formula is C12H16N2O5S. The molecule has 0 saturated heterocycles. The highest BCUT2D eigenvalue weighted by molar-refractivity contribution is 7.89. The van der Waals surface area contributed by atoms with Crippen molar-refractivity contribution >= 4 is 21.8 Å². The van der Waals surface area contributed by atoms with Crippen LogP contribution < -0.4 is 10.5 Å². The molecular weight excluding hydrogens is 284 g/mol. The van der Waals surface area contributed by atoms with Crippen molar-refractivity contribution in [3.05, 3.63) is 29.8 Å². The van der Waals surface area contributed by atoms with Crippen molar-refractivity contribution in [1.29, 1.82) is 0 Å².